The predicted octanol–water partition coefficient (Wildman–Crippen LogP) is 7.06. The van der Waals surface area contributed by atoms with Crippen LogP contribution in [-0.2, 0) is 35.8 Å². The van der Waals surface area contributed by atoms with Gasteiger partial charge in [0.25, 0.3) is 0 Å². The van der Waals surface area contributed by atoms with Gasteiger partial charge in [0.05, 0.1) is 44.9 Å². The van der Waals surface area contributed by atoms with E-state index in [1.165, 1.54) is 22.7 Å². The largest absolute Gasteiger partial charge is 0.444 e. The summed E-state index contributed by atoms with van der Waals surface area (Å²) in [6.45, 7) is 1.60. The van der Waals surface area contributed by atoms with E-state index in [-0.39, 0.29) is 13.2 Å². The summed E-state index contributed by atoms with van der Waals surface area (Å²) >= 11 is 2.86. The van der Waals surface area contributed by atoms with Crippen molar-refractivity contribution in [2.75, 3.05) is 13.1 Å². The molecule has 0 fully saturated rings. The van der Waals surface area contributed by atoms with Crippen molar-refractivity contribution in [3.63, 3.8) is 0 Å². The molecule has 12 heteroatoms. The maximum atomic E-state index is 13.3. The van der Waals surface area contributed by atoms with Crippen LogP contribution in [0.3, 0.4) is 0 Å². The number of para-hydroxylation sites is 2. The number of hydrogen-bond donors (Lipinski definition) is 0. The van der Waals surface area contributed by atoms with Crippen LogP contribution in [0.15, 0.2) is 96.5 Å². The number of pyridine rings is 2. The maximum Gasteiger partial charge on any atom is 0.410 e. The van der Waals surface area contributed by atoms with Gasteiger partial charge in [-0.25, -0.2) is 9.59 Å². The van der Waals surface area contributed by atoms with Crippen LogP contribution in [0.2, 0.25) is 0 Å². The number of rotatable bonds is 12. The van der Waals surface area contributed by atoms with Crippen LogP contribution in [0, 0.1) is 0 Å². The van der Waals surface area contributed by atoms with Crippen molar-refractivity contribution in [3.8, 4) is 0 Å². The third kappa shape index (κ3) is 8.16. The SMILES string of the molecule is O=C(OCc1cncs1)N(CCCN(Cc1cnc2ccccc2c1)C(=O)OCc1cncs1)Cc1cnc2ccccc2c1. The molecule has 0 aliphatic rings. The first-order valence-electron chi connectivity index (χ1n) is 14.4. The Labute approximate surface area is 267 Å². The molecule has 2 aromatic carbocycles. The van der Waals surface area contributed by atoms with Crippen molar-refractivity contribution in [1.82, 2.24) is 29.7 Å². The van der Waals surface area contributed by atoms with Crippen LogP contribution in [0.4, 0.5) is 9.59 Å². The van der Waals surface area contributed by atoms with Crippen LogP contribution >= 0.6 is 22.7 Å². The minimum absolute atomic E-state index is 0.140. The molecule has 4 aromatic heterocycles. The zero-order valence-electron chi connectivity index (χ0n) is 24.3. The summed E-state index contributed by atoms with van der Waals surface area (Å²) in [7, 11) is 0. The lowest BCUT2D eigenvalue weighted by atomic mass is 10.1. The van der Waals surface area contributed by atoms with Crippen molar-refractivity contribution in [3.05, 3.63) is 117 Å². The molecule has 0 aliphatic carbocycles. The van der Waals surface area contributed by atoms with Gasteiger partial charge in [-0.15, -0.1) is 22.7 Å². The Balaban J connectivity index is 1.16. The summed E-state index contributed by atoms with van der Waals surface area (Å²) in [6, 6.07) is 19.8. The van der Waals surface area contributed by atoms with Crippen LogP contribution in [0.5, 0.6) is 0 Å². The van der Waals surface area contributed by atoms with E-state index < -0.39 is 12.2 Å². The predicted molar refractivity (Wildman–Crippen MR) is 174 cm³/mol. The minimum Gasteiger partial charge on any atom is -0.444 e. The first-order chi connectivity index (χ1) is 22.1. The van der Waals surface area contributed by atoms with Gasteiger partial charge in [0.15, 0.2) is 0 Å². The number of nitrogens with zero attached hydrogens (tertiary/aromatic N) is 6. The van der Waals surface area contributed by atoms with Crippen LogP contribution < -0.4 is 0 Å². The van der Waals surface area contributed by atoms with E-state index in [1.807, 2.05) is 60.7 Å². The molecule has 0 atom stereocenters. The van der Waals surface area contributed by atoms with Crippen molar-refractivity contribution in [2.45, 2.75) is 32.7 Å². The lowest BCUT2D eigenvalue weighted by molar-refractivity contribution is 0.0850. The zero-order valence-corrected chi connectivity index (χ0v) is 26.0. The van der Waals surface area contributed by atoms with Crippen LogP contribution in [0.25, 0.3) is 21.8 Å². The number of amides is 2. The van der Waals surface area contributed by atoms with Crippen molar-refractivity contribution < 1.29 is 19.1 Å². The number of ether oxygens (including phenoxy) is 2. The molecule has 0 bridgehead atoms. The van der Waals surface area contributed by atoms with E-state index in [9.17, 15) is 9.59 Å². The molecule has 4 heterocycles. The van der Waals surface area contributed by atoms with E-state index in [1.54, 1.807) is 45.6 Å². The third-order valence-electron chi connectivity index (χ3n) is 7.06. The average Bonchev–Trinajstić information content (AvgIpc) is 3.80. The number of benzene rings is 2. The van der Waals surface area contributed by atoms with Gasteiger partial charge in [0.1, 0.15) is 13.2 Å². The molecule has 0 spiro atoms. The van der Waals surface area contributed by atoms with Crippen molar-refractivity contribution >= 4 is 56.7 Å². The number of fused-ring (bicyclic) bond motifs is 2. The monoisotopic (exact) mass is 638 g/mol. The lowest BCUT2D eigenvalue weighted by Crippen LogP contribution is -2.36. The van der Waals surface area contributed by atoms with E-state index in [2.05, 4.69) is 19.9 Å². The molecule has 6 rings (SSSR count). The Morgan fingerprint density at radius 1 is 0.644 bits per heavy atom. The van der Waals surface area contributed by atoms with Crippen LogP contribution in [0.1, 0.15) is 27.3 Å². The molecule has 0 unspecified atom stereocenters. The number of carbonyl (C=O) groups is 2. The Hall–Kier alpha value is -4.94. The summed E-state index contributed by atoms with van der Waals surface area (Å²) in [4.78, 5) is 48.9. The highest BCUT2D eigenvalue weighted by Gasteiger charge is 2.20. The smallest absolute Gasteiger partial charge is 0.410 e. The van der Waals surface area contributed by atoms with Gasteiger partial charge in [-0.2, -0.15) is 0 Å². The minimum atomic E-state index is -0.449. The summed E-state index contributed by atoms with van der Waals surface area (Å²) in [5.41, 5.74) is 6.94. The normalized spacial score (nSPS) is 11.0. The van der Waals surface area contributed by atoms with Gasteiger partial charge < -0.3 is 19.3 Å². The van der Waals surface area contributed by atoms with Gasteiger partial charge in [-0.05, 0) is 41.8 Å². The Kier molecular flexibility index (Phi) is 9.83. The van der Waals surface area contributed by atoms with Crippen molar-refractivity contribution in [2.24, 2.45) is 0 Å². The fraction of sp³-hybridized carbons (Fsp3) is 0.212. The highest BCUT2D eigenvalue weighted by molar-refractivity contribution is 7.09. The molecular formula is C33H30N6O4S2. The molecular weight excluding hydrogens is 609 g/mol. The van der Waals surface area contributed by atoms with E-state index in [0.29, 0.717) is 32.6 Å². The molecule has 6 aromatic rings. The number of thiazole rings is 2. The molecule has 2 amide bonds. The van der Waals surface area contributed by atoms with E-state index >= 15 is 0 Å². The molecule has 45 heavy (non-hydrogen) atoms. The fourth-order valence-electron chi connectivity index (χ4n) is 4.84. The topological polar surface area (TPSA) is 111 Å². The molecule has 0 N–H and O–H groups in total. The van der Waals surface area contributed by atoms with Crippen molar-refractivity contribution in [1.29, 1.82) is 0 Å². The van der Waals surface area contributed by atoms with Gasteiger partial charge in [0, 0.05) is 48.6 Å². The van der Waals surface area contributed by atoms with Gasteiger partial charge in [0.2, 0.25) is 0 Å². The molecule has 10 nitrogen and oxygen atoms in total. The Morgan fingerprint density at radius 2 is 1.11 bits per heavy atom. The van der Waals surface area contributed by atoms with Gasteiger partial charge in [-0.1, -0.05) is 36.4 Å². The number of carbonyl (C=O) groups excluding carboxylic acids is 2. The van der Waals surface area contributed by atoms with Gasteiger partial charge >= 0.3 is 12.2 Å². The highest BCUT2D eigenvalue weighted by atomic mass is 32.1. The fourth-order valence-corrected chi connectivity index (χ4v) is 5.86. The quantitative estimate of drug-likeness (QED) is 0.140. The average molecular weight is 639 g/mol. The third-order valence-corrected chi connectivity index (χ3v) is 8.56. The Morgan fingerprint density at radius 3 is 1.56 bits per heavy atom. The molecule has 0 saturated carbocycles. The zero-order chi connectivity index (χ0) is 30.8. The summed E-state index contributed by atoms with van der Waals surface area (Å²) in [6.07, 6.45) is 6.53. The Bertz CT molecular complexity index is 1730. The van der Waals surface area contributed by atoms with Crippen LogP contribution in [-0.4, -0.2) is 55.0 Å². The molecule has 0 aliphatic heterocycles. The second-order valence-electron chi connectivity index (χ2n) is 10.3. The highest BCUT2D eigenvalue weighted by Crippen LogP contribution is 2.18. The standard InChI is InChI=1S/C33H30N6O4S2/c40-32(42-20-28-16-34-22-44-28)38(18-24-12-26-6-1-3-8-30(26)36-14-24)10-5-11-39(33(41)43-21-29-17-35-23-45-29)19-25-13-27-7-2-4-9-31(27)37-15-25/h1-4,6-9,12-17,22-23H,5,10-11,18-21H2. The maximum absolute atomic E-state index is 13.3. The molecule has 228 valence electrons. The molecule has 0 radical (unpaired) electrons. The second kappa shape index (κ2) is 14.7. The number of aromatic nitrogens is 4. The summed E-state index contributed by atoms with van der Waals surface area (Å²) < 4.78 is 11.3. The van der Waals surface area contributed by atoms with E-state index in [4.69, 9.17) is 9.47 Å². The van der Waals surface area contributed by atoms with Gasteiger partial charge in [-0.3, -0.25) is 19.9 Å². The summed E-state index contributed by atoms with van der Waals surface area (Å²) in [5.74, 6) is 0. The first kappa shape index (κ1) is 30.1. The first-order valence-corrected chi connectivity index (χ1v) is 16.1. The molecule has 0 saturated heterocycles. The second-order valence-corrected chi connectivity index (χ2v) is 12.3. The summed E-state index contributed by atoms with van der Waals surface area (Å²) in [5, 5.41) is 1.98. The lowest BCUT2D eigenvalue weighted by Gasteiger charge is -2.25. The van der Waals surface area contributed by atoms with E-state index in [0.717, 1.165) is 42.7 Å². The number of hydrogen-bond acceptors (Lipinski definition) is 10.